The van der Waals surface area contributed by atoms with Gasteiger partial charge in [0, 0.05) is 34.7 Å². The van der Waals surface area contributed by atoms with Crippen LogP contribution in [0.2, 0.25) is 0 Å². The summed E-state index contributed by atoms with van der Waals surface area (Å²) in [7, 11) is 0. The van der Waals surface area contributed by atoms with Gasteiger partial charge in [-0.2, -0.15) is 10.1 Å². The first-order chi connectivity index (χ1) is 16.4. The number of unbranched alkanes of at least 4 members (excludes halogenated alkanes) is 1. The van der Waals surface area contributed by atoms with Crippen molar-refractivity contribution in [2.45, 2.75) is 57.4 Å². The van der Waals surface area contributed by atoms with Crippen LogP contribution in [0.25, 0.3) is 5.57 Å². The summed E-state index contributed by atoms with van der Waals surface area (Å²) >= 11 is 1.52. The van der Waals surface area contributed by atoms with E-state index in [2.05, 4.69) is 27.6 Å². The van der Waals surface area contributed by atoms with Gasteiger partial charge in [-0.05, 0) is 38.2 Å². The van der Waals surface area contributed by atoms with Crippen LogP contribution in [0, 0.1) is 5.82 Å². The van der Waals surface area contributed by atoms with Crippen molar-refractivity contribution in [3.8, 4) is 5.75 Å². The summed E-state index contributed by atoms with van der Waals surface area (Å²) in [4.78, 5) is 31.5. The lowest BCUT2D eigenvalue weighted by atomic mass is 9.81. The second-order valence-corrected chi connectivity index (χ2v) is 10.1. The molecule has 1 fully saturated rings. The summed E-state index contributed by atoms with van der Waals surface area (Å²) in [6.07, 6.45) is 6.21. The molecular weight excluding hydrogens is 457 g/mol. The first kappa shape index (κ1) is 22.6. The molecule has 2 aliphatic heterocycles. The first-order valence-electron chi connectivity index (χ1n) is 11.5. The number of benzene rings is 1. The van der Waals surface area contributed by atoms with Crippen LogP contribution >= 0.6 is 11.3 Å². The number of amides is 2. The van der Waals surface area contributed by atoms with Crippen molar-refractivity contribution in [2.24, 2.45) is 10.3 Å². The molecule has 1 aromatic carbocycles. The average Bonchev–Trinajstić information content (AvgIpc) is 3.38. The maximum atomic E-state index is 15.3. The van der Waals surface area contributed by atoms with E-state index >= 15 is 4.39 Å². The van der Waals surface area contributed by atoms with Crippen LogP contribution in [0.1, 0.15) is 67.3 Å². The molecule has 178 valence electrons. The summed E-state index contributed by atoms with van der Waals surface area (Å²) in [5, 5.41) is 12.3. The molecule has 2 amide bonds. The quantitative estimate of drug-likeness (QED) is 0.551. The molecule has 0 bridgehead atoms. The molecule has 1 atom stereocenters. The molecule has 0 unspecified atom stereocenters. The summed E-state index contributed by atoms with van der Waals surface area (Å²) in [5.74, 6) is -0.401. The van der Waals surface area contributed by atoms with Crippen LogP contribution in [0.5, 0.6) is 5.75 Å². The molecule has 1 N–H and O–H groups in total. The molecule has 8 nitrogen and oxygen atoms in total. The highest BCUT2D eigenvalue weighted by atomic mass is 32.1. The van der Waals surface area contributed by atoms with Gasteiger partial charge in [-0.3, -0.25) is 9.59 Å². The minimum Gasteiger partial charge on any atom is -0.493 e. The number of hydrogen-bond donors (Lipinski definition) is 1. The number of aromatic nitrogens is 1. The van der Waals surface area contributed by atoms with E-state index in [9.17, 15) is 9.59 Å². The van der Waals surface area contributed by atoms with Crippen LogP contribution < -0.4 is 10.1 Å². The van der Waals surface area contributed by atoms with Crippen LogP contribution in [0.3, 0.4) is 0 Å². The fourth-order valence-electron chi connectivity index (χ4n) is 4.28. The summed E-state index contributed by atoms with van der Waals surface area (Å²) in [6, 6.07) is 4.73. The number of hydrogen-bond acceptors (Lipinski definition) is 7. The number of carbonyl (C=O) groups is 2. The lowest BCUT2D eigenvalue weighted by molar-refractivity contribution is -0.130. The Labute approximate surface area is 200 Å². The summed E-state index contributed by atoms with van der Waals surface area (Å²) in [5.41, 5.74) is -0.0262. The van der Waals surface area contributed by atoms with Crippen molar-refractivity contribution < 1.29 is 18.7 Å². The number of carbonyl (C=O) groups excluding carboxylic acids is 2. The van der Waals surface area contributed by atoms with Gasteiger partial charge in [0.15, 0.2) is 0 Å². The van der Waals surface area contributed by atoms with Crippen molar-refractivity contribution in [1.82, 2.24) is 15.3 Å². The van der Waals surface area contributed by atoms with Gasteiger partial charge in [0.25, 0.3) is 11.8 Å². The van der Waals surface area contributed by atoms with Crippen LogP contribution in [-0.4, -0.2) is 35.0 Å². The van der Waals surface area contributed by atoms with E-state index in [1.54, 1.807) is 19.1 Å². The normalized spacial score (nSPS) is 22.5. The van der Waals surface area contributed by atoms with Gasteiger partial charge >= 0.3 is 0 Å². The minimum atomic E-state index is -1.05. The van der Waals surface area contributed by atoms with Gasteiger partial charge in [-0.1, -0.05) is 24.6 Å². The van der Waals surface area contributed by atoms with Gasteiger partial charge in [0.05, 0.1) is 12.1 Å². The van der Waals surface area contributed by atoms with Crippen molar-refractivity contribution in [2.75, 3.05) is 13.2 Å². The molecule has 1 aliphatic carbocycles. The lowest BCUT2D eigenvalue weighted by Gasteiger charge is -2.38. The Morgan fingerprint density at radius 3 is 2.82 bits per heavy atom. The Morgan fingerprint density at radius 2 is 2.15 bits per heavy atom. The maximum absolute atomic E-state index is 15.3. The highest BCUT2D eigenvalue weighted by molar-refractivity contribution is 7.12. The predicted octanol–water partition coefficient (Wildman–Crippen LogP) is 4.69. The highest BCUT2D eigenvalue weighted by Gasteiger charge is 2.44. The number of nitrogens with zero attached hydrogens (tertiary/aromatic N) is 4. The molecule has 1 saturated carbocycles. The standard InChI is InChI=1S/C24H26FN5O3S/c1-3-4-9-33-15-7-8-17(18(25)10-15)24(2)11-16(23-26-12-19(34-23)14-5-6-14)21(22(32)28-24)30-20(31)13-27-29-30/h7-8,10,12,14H,3-6,9,11,13H2,1-2H3,(H,28,32)/t24-/m0/s1. The van der Waals surface area contributed by atoms with Gasteiger partial charge in [-0.25, -0.2) is 9.37 Å². The monoisotopic (exact) mass is 483 g/mol. The Hall–Kier alpha value is -3.14. The molecular formula is C24H26FN5O3S. The van der Waals surface area contributed by atoms with E-state index in [0.717, 1.165) is 35.6 Å². The Balaban J connectivity index is 1.52. The zero-order valence-electron chi connectivity index (χ0n) is 19.1. The number of nitrogens with one attached hydrogen (secondary N) is 1. The van der Waals surface area contributed by atoms with E-state index in [-0.39, 0.29) is 24.6 Å². The van der Waals surface area contributed by atoms with E-state index in [1.807, 2.05) is 6.20 Å². The number of ether oxygens (including phenoxy) is 1. The number of thiazole rings is 1. The Morgan fingerprint density at radius 1 is 1.32 bits per heavy atom. The maximum Gasteiger partial charge on any atom is 0.272 e. The fourth-order valence-corrected chi connectivity index (χ4v) is 5.41. The molecule has 34 heavy (non-hydrogen) atoms. The fraction of sp³-hybridized carbons (Fsp3) is 0.458. The average molecular weight is 484 g/mol. The predicted molar refractivity (Wildman–Crippen MR) is 124 cm³/mol. The molecule has 3 heterocycles. The molecule has 0 radical (unpaired) electrons. The third kappa shape index (κ3) is 4.22. The van der Waals surface area contributed by atoms with Crippen LogP contribution in [-0.2, 0) is 15.1 Å². The Bertz CT molecular complexity index is 1200. The van der Waals surface area contributed by atoms with Crippen LogP contribution in [0.15, 0.2) is 40.4 Å². The van der Waals surface area contributed by atoms with Gasteiger partial charge in [-0.15, -0.1) is 11.3 Å². The van der Waals surface area contributed by atoms with Gasteiger partial charge in [0.2, 0.25) is 0 Å². The van der Waals surface area contributed by atoms with E-state index in [0.29, 0.717) is 34.4 Å². The van der Waals surface area contributed by atoms with Crippen molar-refractivity contribution in [3.63, 3.8) is 0 Å². The molecule has 0 spiro atoms. The second-order valence-electron chi connectivity index (χ2n) is 9.07. The van der Waals surface area contributed by atoms with Crippen molar-refractivity contribution >= 4 is 28.7 Å². The van der Waals surface area contributed by atoms with E-state index in [4.69, 9.17) is 4.74 Å². The van der Waals surface area contributed by atoms with E-state index in [1.165, 1.54) is 17.4 Å². The minimum absolute atomic E-state index is 0.110. The molecule has 2 aromatic rings. The zero-order valence-corrected chi connectivity index (χ0v) is 20.0. The Kier molecular flexibility index (Phi) is 5.93. The largest absolute Gasteiger partial charge is 0.493 e. The van der Waals surface area contributed by atoms with Gasteiger partial charge in [0.1, 0.15) is 28.8 Å². The third-order valence-corrected chi connectivity index (χ3v) is 7.51. The van der Waals surface area contributed by atoms with Crippen LogP contribution in [0.4, 0.5) is 4.39 Å². The SMILES string of the molecule is CCCCOc1ccc([C@]2(C)CC(c3ncc(C4CC4)s3)=C(N3N=NCC3=O)C(=O)N2)c(F)c1. The first-order valence-corrected chi connectivity index (χ1v) is 12.4. The smallest absolute Gasteiger partial charge is 0.272 e. The summed E-state index contributed by atoms with van der Waals surface area (Å²) in [6.45, 7) is 4.25. The topological polar surface area (TPSA) is 96.2 Å². The second kappa shape index (κ2) is 8.90. The van der Waals surface area contributed by atoms with Crippen molar-refractivity contribution in [1.29, 1.82) is 0 Å². The number of rotatable bonds is 8. The number of halogens is 1. The molecule has 1 aromatic heterocycles. The van der Waals surface area contributed by atoms with Gasteiger partial charge < -0.3 is 10.1 Å². The van der Waals surface area contributed by atoms with E-state index < -0.39 is 17.3 Å². The molecule has 10 heteroatoms. The molecule has 0 saturated heterocycles. The highest BCUT2D eigenvalue weighted by Crippen LogP contribution is 2.46. The third-order valence-electron chi connectivity index (χ3n) is 6.29. The van der Waals surface area contributed by atoms with Crippen molar-refractivity contribution in [3.05, 3.63) is 51.4 Å². The molecule has 5 rings (SSSR count). The molecule has 3 aliphatic rings. The lowest BCUT2D eigenvalue weighted by Crippen LogP contribution is -2.51. The summed E-state index contributed by atoms with van der Waals surface area (Å²) < 4.78 is 20.9. The zero-order chi connectivity index (χ0) is 23.9.